The SMILES string of the molecule is COC(=O)c1ccc(Cl)cc1NC(=O)CS. The summed E-state index contributed by atoms with van der Waals surface area (Å²) in [7, 11) is 1.27. The third-order valence-electron chi connectivity index (χ3n) is 1.80. The highest BCUT2D eigenvalue weighted by molar-refractivity contribution is 7.81. The summed E-state index contributed by atoms with van der Waals surface area (Å²) in [6.07, 6.45) is 0. The van der Waals surface area contributed by atoms with E-state index in [0.717, 1.165) is 0 Å². The Labute approximate surface area is 103 Å². The van der Waals surface area contributed by atoms with E-state index >= 15 is 0 Å². The summed E-state index contributed by atoms with van der Waals surface area (Å²) in [4.78, 5) is 22.6. The van der Waals surface area contributed by atoms with Gasteiger partial charge in [-0.3, -0.25) is 4.79 Å². The largest absolute Gasteiger partial charge is 0.465 e. The van der Waals surface area contributed by atoms with E-state index in [1.807, 2.05) is 0 Å². The van der Waals surface area contributed by atoms with Gasteiger partial charge in [-0.25, -0.2) is 4.79 Å². The first-order valence-corrected chi connectivity index (χ1v) is 5.38. The Balaban J connectivity index is 3.08. The summed E-state index contributed by atoms with van der Waals surface area (Å²) in [6, 6.07) is 4.52. The molecule has 0 bridgehead atoms. The highest BCUT2D eigenvalue weighted by atomic mass is 35.5. The summed E-state index contributed by atoms with van der Waals surface area (Å²) >= 11 is 9.59. The van der Waals surface area contributed by atoms with Crippen LogP contribution in [0.2, 0.25) is 5.02 Å². The molecule has 0 aliphatic heterocycles. The van der Waals surface area contributed by atoms with Crippen LogP contribution >= 0.6 is 24.2 Å². The quantitative estimate of drug-likeness (QED) is 0.645. The molecule has 0 radical (unpaired) electrons. The standard InChI is InChI=1S/C10H10ClNO3S/c1-15-10(14)7-3-2-6(11)4-8(7)12-9(13)5-16/h2-4,16H,5H2,1H3,(H,12,13). The molecule has 0 spiro atoms. The minimum atomic E-state index is -0.536. The number of benzene rings is 1. The molecule has 1 amide bonds. The molecular formula is C10H10ClNO3S. The molecule has 0 unspecified atom stereocenters. The Bertz CT molecular complexity index is 423. The first-order valence-electron chi connectivity index (χ1n) is 4.37. The average molecular weight is 260 g/mol. The van der Waals surface area contributed by atoms with Crippen molar-refractivity contribution in [2.45, 2.75) is 0 Å². The Hall–Kier alpha value is -1.20. The molecule has 0 atom stereocenters. The van der Waals surface area contributed by atoms with Gasteiger partial charge in [0.05, 0.1) is 24.1 Å². The van der Waals surface area contributed by atoms with Crippen LogP contribution in [-0.4, -0.2) is 24.7 Å². The number of ether oxygens (including phenoxy) is 1. The highest BCUT2D eigenvalue weighted by Gasteiger charge is 2.13. The molecule has 86 valence electrons. The van der Waals surface area contributed by atoms with Crippen LogP contribution in [-0.2, 0) is 9.53 Å². The zero-order chi connectivity index (χ0) is 12.1. The summed E-state index contributed by atoms with van der Waals surface area (Å²) < 4.78 is 4.58. The predicted octanol–water partition coefficient (Wildman–Crippen LogP) is 1.99. The van der Waals surface area contributed by atoms with E-state index in [4.69, 9.17) is 11.6 Å². The van der Waals surface area contributed by atoms with Gasteiger partial charge in [-0.1, -0.05) is 11.6 Å². The van der Waals surface area contributed by atoms with Gasteiger partial charge in [0.1, 0.15) is 0 Å². The number of anilines is 1. The van der Waals surface area contributed by atoms with Crippen LogP contribution in [0.25, 0.3) is 0 Å². The molecule has 0 aliphatic rings. The van der Waals surface area contributed by atoms with Crippen molar-refractivity contribution >= 4 is 41.8 Å². The van der Waals surface area contributed by atoms with E-state index in [9.17, 15) is 9.59 Å². The Morgan fingerprint density at radius 2 is 2.19 bits per heavy atom. The highest BCUT2D eigenvalue weighted by Crippen LogP contribution is 2.21. The number of carbonyl (C=O) groups excluding carboxylic acids is 2. The molecule has 4 nitrogen and oxygen atoms in total. The molecule has 0 aromatic heterocycles. The number of nitrogens with one attached hydrogen (secondary N) is 1. The van der Waals surface area contributed by atoms with Crippen LogP contribution in [0.4, 0.5) is 5.69 Å². The topological polar surface area (TPSA) is 55.4 Å². The maximum Gasteiger partial charge on any atom is 0.339 e. The van der Waals surface area contributed by atoms with Crippen molar-refractivity contribution in [3.63, 3.8) is 0 Å². The number of hydrogen-bond acceptors (Lipinski definition) is 4. The Morgan fingerprint density at radius 3 is 2.75 bits per heavy atom. The van der Waals surface area contributed by atoms with E-state index in [1.165, 1.54) is 19.2 Å². The number of methoxy groups -OCH3 is 1. The second kappa shape index (κ2) is 5.77. The molecule has 1 aromatic carbocycles. The summed E-state index contributed by atoms with van der Waals surface area (Å²) in [6.45, 7) is 0. The van der Waals surface area contributed by atoms with Gasteiger partial charge in [-0.15, -0.1) is 0 Å². The van der Waals surface area contributed by atoms with Crippen LogP contribution in [0.1, 0.15) is 10.4 Å². The molecule has 1 rings (SSSR count). The predicted molar refractivity (Wildman–Crippen MR) is 65.3 cm³/mol. The molecule has 1 N–H and O–H groups in total. The lowest BCUT2D eigenvalue weighted by Gasteiger charge is -2.09. The minimum Gasteiger partial charge on any atom is -0.465 e. The second-order valence-corrected chi connectivity index (χ2v) is 3.64. The van der Waals surface area contributed by atoms with Crippen molar-refractivity contribution in [1.82, 2.24) is 0 Å². The van der Waals surface area contributed by atoms with Crippen molar-refractivity contribution in [2.24, 2.45) is 0 Å². The van der Waals surface area contributed by atoms with E-state index in [1.54, 1.807) is 6.07 Å². The molecule has 0 aliphatic carbocycles. The fourth-order valence-corrected chi connectivity index (χ4v) is 1.35. The minimum absolute atomic E-state index is 0.0210. The zero-order valence-electron chi connectivity index (χ0n) is 8.49. The Morgan fingerprint density at radius 1 is 1.50 bits per heavy atom. The molecule has 16 heavy (non-hydrogen) atoms. The number of amides is 1. The molecule has 0 heterocycles. The summed E-state index contributed by atoms with van der Waals surface area (Å²) in [5.74, 6) is -0.838. The van der Waals surface area contributed by atoms with Gasteiger partial charge >= 0.3 is 5.97 Å². The number of rotatable bonds is 3. The van der Waals surface area contributed by atoms with E-state index in [-0.39, 0.29) is 17.2 Å². The van der Waals surface area contributed by atoms with Crippen LogP contribution in [0.3, 0.4) is 0 Å². The lowest BCUT2D eigenvalue weighted by Crippen LogP contribution is -2.16. The van der Waals surface area contributed by atoms with Crippen molar-refractivity contribution in [2.75, 3.05) is 18.2 Å². The van der Waals surface area contributed by atoms with Crippen LogP contribution in [0.5, 0.6) is 0 Å². The van der Waals surface area contributed by atoms with Gasteiger partial charge in [0, 0.05) is 5.02 Å². The van der Waals surface area contributed by atoms with Crippen molar-refractivity contribution in [3.8, 4) is 0 Å². The summed E-state index contributed by atoms with van der Waals surface area (Å²) in [5.41, 5.74) is 0.570. The first-order chi connectivity index (χ1) is 7.58. The molecule has 0 saturated carbocycles. The number of hydrogen-bond donors (Lipinski definition) is 2. The van der Waals surface area contributed by atoms with Gasteiger partial charge in [-0.2, -0.15) is 12.6 Å². The van der Waals surface area contributed by atoms with Crippen LogP contribution in [0.15, 0.2) is 18.2 Å². The summed E-state index contributed by atoms with van der Waals surface area (Å²) in [5, 5.41) is 2.93. The molecule has 0 saturated heterocycles. The van der Waals surface area contributed by atoms with E-state index < -0.39 is 5.97 Å². The fraction of sp³-hybridized carbons (Fsp3) is 0.200. The van der Waals surface area contributed by atoms with Crippen LogP contribution in [0, 0.1) is 0 Å². The third kappa shape index (κ3) is 3.15. The van der Waals surface area contributed by atoms with Gasteiger partial charge in [0.25, 0.3) is 0 Å². The first kappa shape index (κ1) is 12.9. The van der Waals surface area contributed by atoms with E-state index in [2.05, 4.69) is 22.7 Å². The molecule has 0 fully saturated rings. The van der Waals surface area contributed by atoms with Crippen molar-refractivity contribution in [1.29, 1.82) is 0 Å². The normalized spacial score (nSPS) is 9.69. The van der Waals surface area contributed by atoms with E-state index in [0.29, 0.717) is 10.7 Å². The van der Waals surface area contributed by atoms with Gasteiger partial charge < -0.3 is 10.1 Å². The number of halogens is 1. The average Bonchev–Trinajstić information content (AvgIpc) is 2.28. The number of esters is 1. The maximum absolute atomic E-state index is 11.4. The van der Waals surface area contributed by atoms with Crippen molar-refractivity contribution < 1.29 is 14.3 Å². The molecule has 1 aromatic rings. The lowest BCUT2D eigenvalue weighted by molar-refractivity contribution is -0.113. The fourth-order valence-electron chi connectivity index (χ4n) is 1.10. The van der Waals surface area contributed by atoms with Crippen molar-refractivity contribution in [3.05, 3.63) is 28.8 Å². The maximum atomic E-state index is 11.4. The number of carbonyl (C=O) groups is 2. The van der Waals surface area contributed by atoms with Gasteiger partial charge in [0.2, 0.25) is 5.91 Å². The zero-order valence-corrected chi connectivity index (χ0v) is 10.1. The smallest absolute Gasteiger partial charge is 0.339 e. The Kier molecular flexibility index (Phi) is 4.64. The van der Waals surface area contributed by atoms with Gasteiger partial charge in [0.15, 0.2) is 0 Å². The van der Waals surface area contributed by atoms with Gasteiger partial charge in [-0.05, 0) is 18.2 Å². The second-order valence-electron chi connectivity index (χ2n) is 2.89. The van der Waals surface area contributed by atoms with Crippen LogP contribution < -0.4 is 5.32 Å². The molecule has 6 heteroatoms. The number of thiol groups is 1. The molecular weight excluding hydrogens is 250 g/mol. The lowest BCUT2D eigenvalue weighted by atomic mass is 10.2. The third-order valence-corrected chi connectivity index (χ3v) is 2.33. The monoisotopic (exact) mass is 259 g/mol.